The molecule has 0 aromatic heterocycles. The van der Waals surface area contributed by atoms with Gasteiger partial charge in [-0.25, -0.2) is 0 Å². The van der Waals surface area contributed by atoms with Gasteiger partial charge in [0, 0.05) is 33.7 Å². The van der Waals surface area contributed by atoms with Crippen LogP contribution in [-0.2, 0) is 15.0 Å². The number of benzene rings is 2. The number of hydrogen-bond donors (Lipinski definition) is 4. The van der Waals surface area contributed by atoms with Crippen molar-refractivity contribution in [3.05, 3.63) is 63.6 Å². The van der Waals surface area contributed by atoms with Gasteiger partial charge in [0.05, 0.1) is 11.6 Å². The minimum atomic E-state index is -1.04. The minimum absolute atomic E-state index is 0.101. The van der Waals surface area contributed by atoms with Crippen LogP contribution in [0.3, 0.4) is 0 Å². The molecule has 2 fully saturated rings. The van der Waals surface area contributed by atoms with Crippen molar-refractivity contribution < 1.29 is 14.7 Å². The third-order valence-corrected chi connectivity index (χ3v) is 8.30. The lowest BCUT2D eigenvalue weighted by Crippen LogP contribution is -2.57. The second-order valence-electron chi connectivity index (χ2n) is 12.1. The number of anilines is 1. The molecule has 2 aromatic carbocycles. The van der Waals surface area contributed by atoms with Gasteiger partial charge < -0.3 is 21.1 Å². The summed E-state index contributed by atoms with van der Waals surface area (Å²) in [6.45, 7) is 8.18. The molecule has 8 heteroatoms. The van der Waals surface area contributed by atoms with E-state index in [1.165, 1.54) is 0 Å². The van der Waals surface area contributed by atoms with Gasteiger partial charge in [-0.1, -0.05) is 62.2 Å². The highest BCUT2D eigenvalue weighted by Gasteiger charge is 2.65. The standard InChI is InChI=1S/C28H33Cl2N3O3/c1-26(2,3)14-21-28(19-9-8-17(30)11-20(19)32-25(28)35)22(15-6-5-7-16(29)10-15)23(33-21)24(34)31-18-12-27(4,36)13-18/h5-11,18,21-23,33,36H,12-14H2,1-4H3,(H,31,34)(H,32,35)/t18?,21-,22-,23+,27?,28+/m0/s1. The quantitative estimate of drug-likeness (QED) is 0.459. The molecule has 3 aliphatic rings. The minimum Gasteiger partial charge on any atom is -0.390 e. The highest BCUT2D eigenvalue weighted by Crippen LogP contribution is 2.56. The van der Waals surface area contributed by atoms with Crippen molar-refractivity contribution in [2.45, 2.75) is 82.0 Å². The number of rotatable bonds is 4. The Morgan fingerprint density at radius 2 is 1.83 bits per heavy atom. The molecule has 2 aliphatic heterocycles. The first-order valence-corrected chi connectivity index (χ1v) is 13.2. The average molecular weight is 530 g/mol. The Balaban J connectivity index is 1.66. The molecule has 1 saturated heterocycles. The summed E-state index contributed by atoms with van der Waals surface area (Å²) in [6, 6.07) is 11.8. The number of nitrogens with one attached hydrogen (secondary N) is 3. The van der Waals surface area contributed by atoms with Crippen LogP contribution in [0.4, 0.5) is 5.69 Å². The lowest BCUT2D eigenvalue weighted by atomic mass is 9.62. The van der Waals surface area contributed by atoms with Crippen LogP contribution in [0.15, 0.2) is 42.5 Å². The van der Waals surface area contributed by atoms with Crippen LogP contribution in [0.25, 0.3) is 0 Å². The summed E-state index contributed by atoms with van der Waals surface area (Å²) in [5.41, 5.74) is 0.432. The molecular weight excluding hydrogens is 497 g/mol. The molecule has 4 atom stereocenters. The molecule has 2 heterocycles. The van der Waals surface area contributed by atoms with Crippen molar-refractivity contribution in [3.8, 4) is 0 Å². The van der Waals surface area contributed by atoms with Crippen LogP contribution in [0, 0.1) is 5.41 Å². The number of carbonyl (C=O) groups excluding carboxylic acids is 2. The van der Waals surface area contributed by atoms with E-state index in [2.05, 4.69) is 36.7 Å². The van der Waals surface area contributed by atoms with Crippen molar-refractivity contribution >= 4 is 40.7 Å². The molecule has 5 rings (SSSR count). The van der Waals surface area contributed by atoms with Crippen LogP contribution in [0.1, 0.15) is 64.0 Å². The predicted octanol–water partition coefficient (Wildman–Crippen LogP) is 4.77. The number of fused-ring (bicyclic) bond motifs is 2. The van der Waals surface area contributed by atoms with Gasteiger partial charge in [0.25, 0.3) is 0 Å². The molecule has 0 bridgehead atoms. The molecular formula is C28H33Cl2N3O3. The van der Waals surface area contributed by atoms with E-state index in [1.807, 2.05) is 24.3 Å². The first-order valence-electron chi connectivity index (χ1n) is 12.5. The Hall–Kier alpha value is -2.12. The Morgan fingerprint density at radius 3 is 2.47 bits per heavy atom. The molecule has 2 amide bonds. The van der Waals surface area contributed by atoms with E-state index >= 15 is 0 Å². The Morgan fingerprint density at radius 1 is 1.14 bits per heavy atom. The van der Waals surface area contributed by atoms with E-state index in [-0.39, 0.29) is 29.3 Å². The van der Waals surface area contributed by atoms with Crippen LogP contribution in [0.2, 0.25) is 10.0 Å². The van der Waals surface area contributed by atoms with Crippen LogP contribution < -0.4 is 16.0 Å². The molecule has 36 heavy (non-hydrogen) atoms. The van der Waals surface area contributed by atoms with Gasteiger partial charge in [0.1, 0.15) is 5.41 Å². The number of carbonyl (C=O) groups is 2. The molecule has 6 nitrogen and oxygen atoms in total. The molecule has 1 spiro atoms. The zero-order valence-electron chi connectivity index (χ0n) is 21.0. The average Bonchev–Trinajstić information content (AvgIpc) is 3.21. The largest absolute Gasteiger partial charge is 0.390 e. The summed E-state index contributed by atoms with van der Waals surface area (Å²) in [7, 11) is 0. The van der Waals surface area contributed by atoms with Crippen molar-refractivity contribution in [2.75, 3.05) is 5.32 Å². The van der Waals surface area contributed by atoms with Crippen molar-refractivity contribution in [1.82, 2.24) is 10.6 Å². The predicted molar refractivity (Wildman–Crippen MR) is 143 cm³/mol. The van der Waals surface area contributed by atoms with Crippen molar-refractivity contribution in [3.63, 3.8) is 0 Å². The normalized spacial score (nSPS) is 33.2. The van der Waals surface area contributed by atoms with Crippen molar-refractivity contribution in [1.29, 1.82) is 0 Å². The summed E-state index contributed by atoms with van der Waals surface area (Å²) in [5.74, 6) is -0.827. The summed E-state index contributed by atoms with van der Waals surface area (Å²) >= 11 is 12.7. The fourth-order valence-corrected chi connectivity index (χ4v) is 6.89. The number of halogens is 2. The van der Waals surface area contributed by atoms with Gasteiger partial charge in [-0.15, -0.1) is 0 Å². The fourth-order valence-electron chi connectivity index (χ4n) is 6.52. The van der Waals surface area contributed by atoms with E-state index in [1.54, 1.807) is 25.1 Å². The summed E-state index contributed by atoms with van der Waals surface area (Å²) in [6.07, 6.45) is 1.68. The zero-order valence-corrected chi connectivity index (χ0v) is 22.5. The lowest BCUT2D eigenvalue weighted by molar-refractivity contribution is -0.127. The molecule has 1 saturated carbocycles. The van der Waals surface area contributed by atoms with E-state index in [9.17, 15) is 14.7 Å². The molecule has 0 radical (unpaired) electrons. The third kappa shape index (κ3) is 4.32. The SMILES string of the molecule is CC(C)(C)C[C@@H]1N[C@@H](C(=O)NC2CC(C)(O)C2)[C@H](c2cccc(Cl)c2)[C@]12C(=O)Nc1cc(Cl)ccc12. The maximum atomic E-state index is 14.1. The summed E-state index contributed by atoms with van der Waals surface area (Å²) in [4.78, 5) is 27.9. The molecule has 0 unspecified atom stereocenters. The van der Waals surface area contributed by atoms with E-state index < -0.39 is 23.0 Å². The summed E-state index contributed by atoms with van der Waals surface area (Å²) < 4.78 is 0. The van der Waals surface area contributed by atoms with Crippen LogP contribution in [0.5, 0.6) is 0 Å². The van der Waals surface area contributed by atoms with Crippen molar-refractivity contribution in [2.24, 2.45) is 5.41 Å². The highest BCUT2D eigenvalue weighted by atomic mass is 35.5. The molecule has 4 N–H and O–H groups in total. The van der Waals surface area contributed by atoms with E-state index in [4.69, 9.17) is 23.2 Å². The monoisotopic (exact) mass is 529 g/mol. The maximum absolute atomic E-state index is 14.1. The first kappa shape index (κ1) is 25.5. The molecule has 192 valence electrons. The third-order valence-electron chi connectivity index (χ3n) is 7.83. The lowest BCUT2D eigenvalue weighted by Gasteiger charge is -2.42. The first-order chi connectivity index (χ1) is 16.8. The number of aliphatic hydroxyl groups is 1. The topological polar surface area (TPSA) is 90.5 Å². The van der Waals surface area contributed by atoms with Gasteiger partial charge in [0.15, 0.2) is 0 Å². The van der Waals surface area contributed by atoms with Crippen LogP contribution >= 0.6 is 23.2 Å². The number of amides is 2. The van der Waals surface area contributed by atoms with Gasteiger partial charge >= 0.3 is 0 Å². The highest BCUT2D eigenvalue weighted by molar-refractivity contribution is 6.31. The van der Waals surface area contributed by atoms with E-state index in [0.29, 0.717) is 35.0 Å². The fraction of sp³-hybridized carbons (Fsp3) is 0.500. The summed E-state index contributed by atoms with van der Waals surface area (Å²) in [5, 5.41) is 21.1. The Bertz CT molecular complexity index is 1220. The molecule has 2 aromatic rings. The Labute approximate surface area is 222 Å². The zero-order chi connectivity index (χ0) is 26.0. The van der Waals surface area contributed by atoms with E-state index in [0.717, 1.165) is 11.1 Å². The van der Waals surface area contributed by atoms with Gasteiger partial charge in [-0.3, -0.25) is 9.59 Å². The second kappa shape index (κ2) is 8.73. The smallest absolute Gasteiger partial charge is 0.238 e. The van der Waals surface area contributed by atoms with Gasteiger partial charge in [-0.05, 0) is 67.0 Å². The van der Waals surface area contributed by atoms with Gasteiger partial charge in [0.2, 0.25) is 11.8 Å². The van der Waals surface area contributed by atoms with Gasteiger partial charge in [-0.2, -0.15) is 0 Å². The Kier molecular flexibility index (Phi) is 6.19. The van der Waals surface area contributed by atoms with Crippen LogP contribution in [-0.4, -0.2) is 40.6 Å². The maximum Gasteiger partial charge on any atom is 0.238 e. The number of hydrogen-bond acceptors (Lipinski definition) is 4. The second-order valence-corrected chi connectivity index (χ2v) is 13.0. The molecule has 1 aliphatic carbocycles.